The lowest BCUT2D eigenvalue weighted by Crippen LogP contribution is -2.13. The molecule has 100 valence electrons. The van der Waals surface area contributed by atoms with E-state index in [1.165, 1.54) is 70.6 Å². The van der Waals surface area contributed by atoms with Gasteiger partial charge in [-0.3, -0.25) is 0 Å². The standard InChI is InChI=1S/C16H30O/c1-2-3-4-5-6-7-11-14-17-15-16-12-9-8-10-13-16/h2,16H,1,3-15H2. The molecule has 0 aromatic carbocycles. The molecule has 0 aliphatic heterocycles. The third-order valence-electron chi connectivity index (χ3n) is 3.78. The van der Waals surface area contributed by atoms with Crippen molar-refractivity contribution >= 4 is 0 Å². The zero-order chi connectivity index (χ0) is 12.2. The Morgan fingerprint density at radius 2 is 1.65 bits per heavy atom. The lowest BCUT2D eigenvalue weighted by Gasteiger charge is -2.21. The maximum absolute atomic E-state index is 5.78. The second kappa shape index (κ2) is 10.8. The molecule has 0 heterocycles. The number of unbranched alkanes of at least 4 members (excludes halogenated alkanes) is 5. The van der Waals surface area contributed by atoms with Gasteiger partial charge in [-0.1, -0.05) is 44.6 Å². The molecule has 17 heavy (non-hydrogen) atoms. The van der Waals surface area contributed by atoms with Crippen LogP contribution in [0.3, 0.4) is 0 Å². The molecule has 0 aromatic heterocycles. The van der Waals surface area contributed by atoms with Crippen molar-refractivity contribution in [3.63, 3.8) is 0 Å². The summed E-state index contributed by atoms with van der Waals surface area (Å²) < 4.78 is 5.78. The average molecular weight is 238 g/mol. The molecule has 1 nitrogen and oxygen atoms in total. The van der Waals surface area contributed by atoms with E-state index in [1.807, 2.05) is 6.08 Å². The van der Waals surface area contributed by atoms with Gasteiger partial charge >= 0.3 is 0 Å². The van der Waals surface area contributed by atoms with Crippen molar-refractivity contribution in [2.45, 2.75) is 70.6 Å². The van der Waals surface area contributed by atoms with E-state index in [1.54, 1.807) is 0 Å². The number of allylic oxidation sites excluding steroid dienone is 1. The van der Waals surface area contributed by atoms with Gasteiger partial charge in [-0.25, -0.2) is 0 Å². The van der Waals surface area contributed by atoms with Gasteiger partial charge < -0.3 is 4.74 Å². The van der Waals surface area contributed by atoms with Gasteiger partial charge in [0.1, 0.15) is 0 Å². The van der Waals surface area contributed by atoms with Crippen LogP contribution in [0.15, 0.2) is 12.7 Å². The van der Waals surface area contributed by atoms with E-state index in [-0.39, 0.29) is 0 Å². The van der Waals surface area contributed by atoms with Crippen LogP contribution < -0.4 is 0 Å². The second-order valence-electron chi connectivity index (χ2n) is 5.42. The number of hydrogen-bond acceptors (Lipinski definition) is 1. The Hall–Kier alpha value is -0.300. The molecule has 1 fully saturated rings. The fourth-order valence-corrected chi connectivity index (χ4v) is 2.63. The Morgan fingerprint density at radius 3 is 2.41 bits per heavy atom. The lowest BCUT2D eigenvalue weighted by molar-refractivity contribution is 0.0824. The van der Waals surface area contributed by atoms with Crippen LogP contribution in [0.1, 0.15) is 70.6 Å². The molecule has 0 N–H and O–H groups in total. The summed E-state index contributed by atoms with van der Waals surface area (Å²) in [6.07, 6.45) is 16.9. The highest BCUT2D eigenvalue weighted by Gasteiger charge is 2.12. The Balaban J connectivity index is 1.76. The molecule has 0 saturated heterocycles. The highest BCUT2D eigenvalue weighted by Crippen LogP contribution is 2.23. The van der Waals surface area contributed by atoms with Crippen LogP contribution in [0.25, 0.3) is 0 Å². The molecule has 1 saturated carbocycles. The van der Waals surface area contributed by atoms with Crippen LogP contribution >= 0.6 is 0 Å². The molecule has 1 aliphatic rings. The molecular weight excluding hydrogens is 208 g/mol. The van der Waals surface area contributed by atoms with Gasteiger partial charge in [0.2, 0.25) is 0 Å². The fourth-order valence-electron chi connectivity index (χ4n) is 2.63. The summed E-state index contributed by atoms with van der Waals surface area (Å²) in [7, 11) is 0. The molecule has 1 heteroatoms. The van der Waals surface area contributed by atoms with Crippen molar-refractivity contribution in [3.8, 4) is 0 Å². The van der Waals surface area contributed by atoms with E-state index in [0.717, 1.165) is 19.1 Å². The van der Waals surface area contributed by atoms with Crippen molar-refractivity contribution in [2.75, 3.05) is 13.2 Å². The third-order valence-corrected chi connectivity index (χ3v) is 3.78. The zero-order valence-electron chi connectivity index (χ0n) is 11.5. The smallest absolute Gasteiger partial charge is 0.0494 e. The topological polar surface area (TPSA) is 9.23 Å². The average Bonchev–Trinajstić information content (AvgIpc) is 2.38. The van der Waals surface area contributed by atoms with Gasteiger partial charge in [0.05, 0.1) is 0 Å². The minimum absolute atomic E-state index is 0.872. The minimum Gasteiger partial charge on any atom is -0.381 e. The number of rotatable bonds is 10. The second-order valence-corrected chi connectivity index (χ2v) is 5.42. The summed E-state index contributed by atoms with van der Waals surface area (Å²) in [5, 5.41) is 0. The maximum Gasteiger partial charge on any atom is 0.0494 e. The van der Waals surface area contributed by atoms with Gasteiger partial charge in [-0.15, -0.1) is 6.58 Å². The minimum atomic E-state index is 0.872. The summed E-state index contributed by atoms with van der Waals surface area (Å²) in [6.45, 7) is 5.75. The highest BCUT2D eigenvalue weighted by atomic mass is 16.5. The largest absolute Gasteiger partial charge is 0.381 e. The predicted octanol–water partition coefficient (Wildman–Crippen LogP) is 5.11. The molecule has 1 aliphatic carbocycles. The molecule has 0 bridgehead atoms. The lowest BCUT2D eigenvalue weighted by atomic mass is 9.90. The van der Waals surface area contributed by atoms with Gasteiger partial charge in [0.15, 0.2) is 0 Å². The van der Waals surface area contributed by atoms with Gasteiger partial charge in [-0.2, -0.15) is 0 Å². The molecule has 1 rings (SSSR count). The molecule has 0 unspecified atom stereocenters. The molecule has 0 spiro atoms. The normalized spacial score (nSPS) is 17.2. The van der Waals surface area contributed by atoms with Crippen molar-refractivity contribution in [1.29, 1.82) is 0 Å². The summed E-state index contributed by atoms with van der Waals surface area (Å²) >= 11 is 0. The maximum atomic E-state index is 5.78. The number of hydrogen-bond donors (Lipinski definition) is 0. The fraction of sp³-hybridized carbons (Fsp3) is 0.875. The summed E-state index contributed by atoms with van der Waals surface area (Å²) in [5.41, 5.74) is 0. The van der Waals surface area contributed by atoms with E-state index in [0.29, 0.717) is 0 Å². The van der Waals surface area contributed by atoms with Crippen molar-refractivity contribution < 1.29 is 4.74 Å². The van der Waals surface area contributed by atoms with Crippen LogP contribution in [0.4, 0.5) is 0 Å². The summed E-state index contributed by atoms with van der Waals surface area (Å²) in [4.78, 5) is 0. The first-order chi connectivity index (χ1) is 8.43. The Morgan fingerprint density at radius 1 is 0.941 bits per heavy atom. The van der Waals surface area contributed by atoms with Gasteiger partial charge in [0, 0.05) is 13.2 Å². The first-order valence-corrected chi connectivity index (χ1v) is 7.62. The number of ether oxygens (including phenoxy) is 1. The van der Waals surface area contributed by atoms with Crippen molar-refractivity contribution in [1.82, 2.24) is 0 Å². The van der Waals surface area contributed by atoms with Crippen LogP contribution in [0, 0.1) is 5.92 Å². The first-order valence-electron chi connectivity index (χ1n) is 7.62. The van der Waals surface area contributed by atoms with Crippen LogP contribution in [-0.4, -0.2) is 13.2 Å². The predicted molar refractivity (Wildman–Crippen MR) is 75.3 cm³/mol. The Kier molecular flexibility index (Phi) is 9.40. The Bertz CT molecular complexity index is 170. The van der Waals surface area contributed by atoms with Crippen LogP contribution in [-0.2, 0) is 4.74 Å². The van der Waals surface area contributed by atoms with Gasteiger partial charge in [-0.05, 0) is 38.0 Å². The van der Waals surface area contributed by atoms with Gasteiger partial charge in [0.25, 0.3) is 0 Å². The zero-order valence-corrected chi connectivity index (χ0v) is 11.5. The van der Waals surface area contributed by atoms with Crippen LogP contribution in [0.5, 0.6) is 0 Å². The quantitative estimate of drug-likeness (QED) is 0.379. The SMILES string of the molecule is C=CCCCCCCCOCC1CCCCC1. The summed E-state index contributed by atoms with van der Waals surface area (Å²) in [5.74, 6) is 0.872. The highest BCUT2D eigenvalue weighted by molar-refractivity contribution is 4.66. The van der Waals surface area contributed by atoms with E-state index >= 15 is 0 Å². The van der Waals surface area contributed by atoms with Crippen LogP contribution in [0.2, 0.25) is 0 Å². The van der Waals surface area contributed by atoms with E-state index in [4.69, 9.17) is 4.74 Å². The molecular formula is C16H30O. The molecule has 0 aromatic rings. The van der Waals surface area contributed by atoms with E-state index in [9.17, 15) is 0 Å². The third kappa shape index (κ3) is 8.43. The van der Waals surface area contributed by atoms with E-state index in [2.05, 4.69) is 6.58 Å². The molecule has 0 radical (unpaired) electrons. The van der Waals surface area contributed by atoms with Crippen molar-refractivity contribution in [3.05, 3.63) is 12.7 Å². The monoisotopic (exact) mass is 238 g/mol. The van der Waals surface area contributed by atoms with Crippen molar-refractivity contribution in [2.24, 2.45) is 5.92 Å². The first kappa shape index (κ1) is 14.8. The Labute approximate surface area is 108 Å². The molecule has 0 amide bonds. The van der Waals surface area contributed by atoms with E-state index < -0.39 is 0 Å². The molecule has 0 atom stereocenters. The summed E-state index contributed by atoms with van der Waals surface area (Å²) in [6, 6.07) is 0.